The summed E-state index contributed by atoms with van der Waals surface area (Å²) in [6, 6.07) is -0.226. The molecule has 0 radical (unpaired) electrons. The van der Waals surface area contributed by atoms with Crippen LogP contribution in [0.5, 0.6) is 0 Å². The van der Waals surface area contributed by atoms with Gasteiger partial charge in [-0.05, 0) is 13.8 Å². The quantitative estimate of drug-likeness (QED) is 0.597. The number of alkyl halides is 1. The number of hydrogen-bond acceptors (Lipinski definition) is 5. The molecule has 0 rings (SSSR count). The van der Waals surface area contributed by atoms with Crippen molar-refractivity contribution in [2.75, 3.05) is 12.7 Å². The van der Waals surface area contributed by atoms with Gasteiger partial charge in [-0.1, -0.05) is 31.9 Å². The number of carbonyl (C=O) groups excluding carboxylic acids is 2. The fourth-order valence-corrected chi connectivity index (χ4v) is 0.850. The summed E-state index contributed by atoms with van der Waals surface area (Å²) < 4.78 is 9.30. The summed E-state index contributed by atoms with van der Waals surface area (Å²) in [5, 5.41) is 8.82. The Labute approximate surface area is 113 Å². The Morgan fingerprint density at radius 3 is 2.00 bits per heavy atom. The third-order valence-electron chi connectivity index (χ3n) is 1.52. The summed E-state index contributed by atoms with van der Waals surface area (Å²) in [5.74, 6) is -1.11. The van der Waals surface area contributed by atoms with Crippen molar-refractivity contribution in [2.24, 2.45) is 0 Å². The Balaban J connectivity index is 0. The van der Waals surface area contributed by atoms with E-state index in [1.165, 1.54) is 6.42 Å². The molecule has 0 aliphatic rings. The standard InChI is InChI=1S/C9H15ClO5.C3H8/c1-9(2,5-11)15-8(13)4-3-7(12)14-6-10;1-3-2/h11H,3-6H2,1-2H3;3H2,1-2H3. The molecule has 0 unspecified atom stereocenters. The van der Waals surface area contributed by atoms with E-state index in [-0.39, 0.29) is 25.5 Å². The highest BCUT2D eigenvalue weighted by atomic mass is 35.5. The van der Waals surface area contributed by atoms with Gasteiger partial charge in [0.1, 0.15) is 5.60 Å². The van der Waals surface area contributed by atoms with Gasteiger partial charge in [0.05, 0.1) is 19.4 Å². The summed E-state index contributed by atoms with van der Waals surface area (Å²) in [4.78, 5) is 22.0. The van der Waals surface area contributed by atoms with E-state index in [2.05, 4.69) is 18.6 Å². The maximum atomic E-state index is 11.2. The van der Waals surface area contributed by atoms with Crippen molar-refractivity contribution in [1.29, 1.82) is 0 Å². The number of hydrogen-bond donors (Lipinski definition) is 1. The first-order valence-corrected chi connectivity index (χ1v) is 6.40. The van der Waals surface area contributed by atoms with Gasteiger partial charge in [-0.2, -0.15) is 0 Å². The molecule has 108 valence electrons. The van der Waals surface area contributed by atoms with Crippen LogP contribution in [0.1, 0.15) is 47.0 Å². The molecule has 0 bridgehead atoms. The van der Waals surface area contributed by atoms with E-state index in [4.69, 9.17) is 21.4 Å². The van der Waals surface area contributed by atoms with Gasteiger partial charge in [-0.3, -0.25) is 9.59 Å². The number of esters is 2. The minimum atomic E-state index is -0.923. The monoisotopic (exact) mass is 282 g/mol. The number of carbonyl (C=O) groups is 2. The molecule has 0 heterocycles. The lowest BCUT2D eigenvalue weighted by Gasteiger charge is -2.22. The fourth-order valence-electron chi connectivity index (χ4n) is 0.729. The van der Waals surface area contributed by atoms with Gasteiger partial charge < -0.3 is 14.6 Å². The van der Waals surface area contributed by atoms with E-state index >= 15 is 0 Å². The van der Waals surface area contributed by atoms with Crippen molar-refractivity contribution in [3.63, 3.8) is 0 Å². The van der Waals surface area contributed by atoms with Crippen molar-refractivity contribution in [3.05, 3.63) is 0 Å². The van der Waals surface area contributed by atoms with Crippen LogP contribution in [0.3, 0.4) is 0 Å². The zero-order valence-electron chi connectivity index (χ0n) is 11.5. The molecule has 0 aromatic carbocycles. The predicted octanol–water partition coefficient (Wildman–Crippen LogP) is 2.24. The lowest BCUT2D eigenvalue weighted by atomic mass is 10.1. The van der Waals surface area contributed by atoms with Gasteiger partial charge >= 0.3 is 11.9 Å². The average Bonchev–Trinajstić information content (AvgIpc) is 2.27. The van der Waals surface area contributed by atoms with Crippen LogP contribution in [0.2, 0.25) is 0 Å². The van der Waals surface area contributed by atoms with Crippen molar-refractivity contribution < 1.29 is 24.2 Å². The number of rotatable bonds is 6. The van der Waals surface area contributed by atoms with Crippen LogP contribution < -0.4 is 0 Å². The van der Waals surface area contributed by atoms with Crippen molar-refractivity contribution >= 4 is 23.5 Å². The number of aliphatic hydroxyl groups is 1. The zero-order valence-corrected chi connectivity index (χ0v) is 12.2. The molecular weight excluding hydrogens is 260 g/mol. The Morgan fingerprint density at radius 2 is 1.61 bits per heavy atom. The molecule has 0 spiro atoms. The van der Waals surface area contributed by atoms with Crippen LogP contribution >= 0.6 is 11.6 Å². The molecule has 0 atom stereocenters. The molecule has 1 N–H and O–H groups in total. The Kier molecular flexibility index (Phi) is 12.2. The molecule has 0 aromatic heterocycles. The first-order valence-electron chi connectivity index (χ1n) is 5.87. The third kappa shape index (κ3) is 13.3. The Hall–Kier alpha value is -0.810. The summed E-state index contributed by atoms with van der Waals surface area (Å²) in [5.41, 5.74) is -0.923. The second kappa shape index (κ2) is 11.3. The molecule has 18 heavy (non-hydrogen) atoms. The van der Waals surface area contributed by atoms with E-state index in [0.717, 1.165) is 0 Å². The maximum absolute atomic E-state index is 11.2. The van der Waals surface area contributed by atoms with E-state index < -0.39 is 17.5 Å². The smallest absolute Gasteiger partial charge is 0.307 e. The van der Waals surface area contributed by atoms with Gasteiger partial charge in [-0.25, -0.2) is 0 Å². The lowest BCUT2D eigenvalue weighted by Crippen LogP contribution is -2.32. The largest absolute Gasteiger partial charge is 0.457 e. The molecule has 6 heteroatoms. The second-order valence-electron chi connectivity index (χ2n) is 4.22. The van der Waals surface area contributed by atoms with Crippen LogP contribution in [-0.2, 0) is 19.1 Å². The predicted molar refractivity (Wildman–Crippen MR) is 69.3 cm³/mol. The van der Waals surface area contributed by atoms with Crippen LogP contribution in [-0.4, -0.2) is 35.3 Å². The van der Waals surface area contributed by atoms with Gasteiger partial charge in [0, 0.05) is 0 Å². The van der Waals surface area contributed by atoms with E-state index in [1.54, 1.807) is 13.8 Å². The second-order valence-corrected chi connectivity index (χ2v) is 4.44. The topological polar surface area (TPSA) is 72.8 Å². The summed E-state index contributed by atoms with van der Waals surface area (Å²) in [6.45, 7) is 7.12. The highest BCUT2D eigenvalue weighted by Gasteiger charge is 2.21. The van der Waals surface area contributed by atoms with Gasteiger partial charge in [0.15, 0.2) is 6.07 Å². The first-order chi connectivity index (χ1) is 8.32. The summed E-state index contributed by atoms with van der Waals surface area (Å²) in [6.07, 6.45) is 1.09. The first kappa shape index (κ1) is 19.5. The zero-order chi connectivity index (χ0) is 14.6. The lowest BCUT2D eigenvalue weighted by molar-refractivity contribution is -0.162. The molecule has 0 saturated heterocycles. The van der Waals surface area contributed by atoms with Crippen LogP contribution in [0.15, 0.2) is 0 Å². The number of ether oxygens (including phenoxy) is 2. The van der Waals surface area contributed by atoms with Crippen LogP contribution in [0, 0.1) is 0 Å². The van der Waals surface area contributed by atoms with Crippen LogP contribution in [0.4, 0.5) is 0 Å². The highest BCUT2D eigenvalue weighted by molar-refractivity contribution is 6.17. The number of halogens is 1. The molecular formula is C12H23ClO5. The van der Waals surface area contributed by atoms with Crippen molar-refractivity contribution in [1.82, 2.24) is 0 Å². The third-order valence-corrected chi connectivity index (χ3v) is 1.63. The molecule has 0 aliphatic carbocycles. The molecule has 0 fully saturated rings. The normalized spacial score (nSPS) is 10.1. The van der Waals surface area contributed by atoms with Gasteiger partial charge in [0.25, 0.3) is 0 Å². The van der Waals surface area contributed by atoms with E-state index in [1.807, 2.05) is 0 Å². The Morgan fingerprint density at radius 1 is 1.17 bits per heavy atom. The van der Waals surface area contributed by atoms with Crippen molar-refractivity contribution in [2.45, 2.75) is 52.6 Å². The van der Waals surface area contributed by atoms with Gasteiger partial charge in [-0.15, -0.1) is 0 Å². The SMILES string of the molecule is CC(C)(CO)OC(=O)CCC(=O)OCCl.CCC. The van der Waals surface area contributed by atoms with Crippen LogP contribution in [0.25, 0.3) is 0 Å². The minimum Gasteiger partial charge on any atom is -0.457 e. The average molecular weight is 283 g/mol. The fraction of sp³-hybridized carbons (Fsp3) is 0.833. The summed E-state index contributed by atoms with van der Waals surface area (Å²) >= 11 is 5.15. The molecule has 0 saturated carbocycles. The Bertz CT molecular complexity index is 241. The molecule has 0 aliphatic heterocycles. The molecule has 0 amide bonds. The summed E-state index contributed by atoms with van der Waals surface area (Å²) in [7, 11) is 0. The van der Waals surface area contributed by atoms with E-state index in [0.29, 0.717) is 0 Å². The van der Waals surface area contributed by atoms with Crippen molar-refractivity contribution in [3.8, 4) is 0 Å². The van der Waals surface area contributed by atoms with Gasteiger partial charge in [0.2, 0.25) is 0 Å². The molecule has 5 nitrogen and oxygen atoms in total. The number of aliphatic hydroxyl groups excluding tert-OH is 1. The molecule has 0 aromatic rings. The maximum Gasteiger partial charge on any atom is 0.307 e. The minimum absolute atomic E-state index is 0.0763. The van der Waals surface area contributed by atoms with E-state index in [9.17, 15) is 9.59 Å². The highest BCUT2D eigenvalue weighted by Crippen LogP contribution is 2.09.